The van der Waals surface area contributed by atoms with Crippen LogP contribution in [0.3, 0.4) is 0 Å². The lowest BCUT2D eigenvalue weighted by Crippen LogP contribution is -2.41. The Labute approximate surface area is 128 Å². The Kier molecular flexibility index (Phi) is 6.13. The highest BCUT2D eigenvalue weighted by atomic mass is 35.5. The number of hydrogen-bond donors (Lipinski definition) is 3. The number of halogens is 1. The van der Waals surface area contributed by atoms with Gasteiger partial charge in [0.1, 0.15) is 13.1 Å². The normalized spacial score (nSPS) is 15.2. The van der Waals surface area contributed by atoms with Crippen LogP contribution in [0.15, 0.2) is 30.3 Å². The van der Waals surface area contributed by atoms with E-state index in [-0.39, 0.29) is 44.0 Å². The van der Waals surface area contributed by atoms with Crippen molar-refractivity contribution in [1.82, 2.24) is 15.5 Å². The Balaban J connectivity index is 0.00000220. The standard InChI is InChI=1S/C13H16N4O3.ClH/c14-10(9-4-2-1-3-5-9)6-15-11(18)7-17-8-12(19)16-13(17)20;/h1-5,10H,6-8,14H2,(H,15,18)(H,16,19,20);1H. The first-order valence-corrected chi connectivity index (χ1v) is 6.22. The zero-order valence-corrected chi connectivity index (χ0v) is 12.1. The fourth-order valence-corrected chi connectivity index (χ4v) is 1.88. The van der Waals surface area contributed by atoms with Gasteiger partial charge in [-0.15, -0.1) is 12.4 Å². The van der Waals surface area contributed by atoms with Crippen molar-refractivity contribution < 1.29 is 14.4 Å². The summed E-state index contributed by atoms with van der Waals surface area (Å²) in [5, 5.41) is 4.75. The van der Waals surface area contributed by atoms with Crippen LogP contribution in [0, 0.1) is 0 Å². The molecule has 0 spiro atoms. The van der Waals surface area contributed by atoms with Crippen LogP contribution in [-0.4, -0.2) is 42.4 Å². The van der Waals surface area contributed by atoms with Crippen LogP contribution in [0.4, 0.5) is 4.79 Å². The maximum absolute atomic E-state index is 11.7. The molecule has 1 aliphatic rings. The van der Waals surface area contributed by atoms with E-state index in [1.54, 1.807) is 0 Å². The highest BCUT2D eigenvalue weighted by Crippen LogP contribution is 2.07. The first-order valence-electron chi connectivity index (χ1n) is 6.22. The summed E-state index contributed by atoms with van der Waals surface area (Å²) < 4.78 is 0. The van der Waals surface area contributed by atoms with Crippen LogP contribution in [0.5, 0.6) is 0 Å². The third-order valence-electron chi connectivity index (χ3n) is 2.95. The minimum absolute atomic E-state index is 0. The fourth-order valence-electron chi connectivity index (χ4n) is 1.88. The molecule has 0 aliphatic carbocycles. The second-order valence-corrected chi connectivity index (χ2v) is 4.53. The number of benzene rings is 1. The molecular formula is C13H17ClN4O3. The zero-order chi connectivity index (χ0) is 14.5. The summed E-state index contributed by atoms with van der Waals surface area (Å²) in [7, 11) is 0. The van der Waals surface area contributed by atoms with Gasteiger partial charge in [-0.1, -0.05) is 30.3 Å². The summed E-state index contributed by atoms with van der Waals surface area (Å²) in [6, 6.07) is 8.53. The van der Waals surface area contributed by atoms with Crippen molar-refractivity contribution in [2.24, 2.45) is 5.73 Å². The molecule has 1 atom stereocenters. The van der Waals surface area contributed by atoms with E-state index in [1.165, 1.54) is 0 Å². The second-order valence-electron chi connectivity index (χ2n) is 4.53. The Morgan fingerprint density at radius 3 is 2.57 bits per heavy atom. The predicted molar refractivity (Wildman–Crippen MR) is 78.7 cm³/mol. The molecule has 1 heterocycles. The highest BCUT2D eigenvalue weighted by molar-refractivity contribution is 6.03. The first-order chi connectivity index (χ1) is 9.56. The minimum atomic E-state index is -0.544. The van der Waals surface area contributed by atoms with Crippen molar-refractivity contribution in [3.63, 3.8) is 0 Å². The van der Waals surface area contributed by atoms with Gasteiger partial charge in [-0.2, -0.15) is 0 Å². The van der Waals surface area contributed by atoms with Gasteiger partial charge in [-0.05, 0) is 5.56 Å². The number of urea groups is 1. The average Bonchev–Trinajstić information content (AvgIpc) is 2.75. The third kappa shape index (κ3) is 4.73. The van der Waals surface area contributed by atoms with E-state index in [0.717, 1.165) is 10.5 Å². The molecule has 4 N–H and O–H groups in total. The molecule has 0 saturated carbocycles. The van der Waals surface area contributed by atoms with Gasteiger partial charge in [0.05, 0.1) is 0 Å². The van der Waals surface area contributed by atoms with Crippen LogP contribution in [0.25, 0.3) is 0 Å². The van der Waals surface area contributed by atoms with Gasteiger partial charge in [0.2, 0.25) is 11.8 Å². The molecule has 0 bridgehead atoms. The summed E-state index contributed by atoms with van der Waals surface area (Å²) in [4.78, 5) is 35.1. The minimum Gasteiger partial charge on any atom is -0.353 e. The molecule has 8 heteroatoms. The number of nitrogens with one attached hydrogen (secondary N) is 2. The third-order valence-corrected chi connectivity index (χ3v) is 2.95. The lowest BCUT2D eigenvalue weighted by molar-refractivity contribution is -0.122. The number of rotatable bonds is 5. The Morgan fingerprint density at radius 1 is 1.33 bits per heavy atom. The van der Waals surface area contributed by atoms with Crippen molar-refractivity contribution in [2.45, 2.75) is 6.04 Å². The van der Waals surface area contributed by atoms with E-state index in [2.05, 4.69) is 10.6 Å². The van der Waals surface area contributed by atoms with Gasteiger partial charge in [0.15, 0.2) is 0 Å². The molecule has 0 aromatic heterocycles. The smallest absolute Gasteiger partial charge is 0.325 e. The average molecular weight is 313 g/mol. The number of amides is 4. The summed E-state index contributed by atoms with van der Waals surface area (Å²) in [6.45, 7) is 0.0301. The molecule has 7 nitrogen and oxygen atoms in total. The summed E-state index contributed by atoms with van der Waals surface area (Å²) in [5.74, 6) is -0.745. The molecule has 114 valence electrons. The Bertz CT molecular complexity index is 523. The van der Waals surface area contributed by atoms with E-state index >= 15 is 0 Å². The lowest BCUT2D eigenvalue weighted by atomic mass is 10.1. The van der Waals surface area contributed by atoms with Crippen molar-refractivity contribution in [1.29, 1.82) is 0 Å². The van der Waals surface area contributed by atoms with E-state index < -0.39 is 11.9 Å². The fraction of sp³-hybridized carbons (Fsp3) is 0.308. The summed E-state index contributed by atoms with van der Waals surface area (Å²) in [5.41, 5.74) is 6.86. The van der Waals surface area contributed by atoms with Gasteiger partial charge in [0, 0.05) is 12.6 Å². The SMILES string of the molecule is Cl.NC(CNC(=O)CN1CC(=O)NC1=O)c1ccccc1. The number of carbonyl (C=O) groups is 3. The maximum atomic E-state index is 11.7. The number of imide groups is 1. The molecule has 1 saturated heterocycles. The lowest BCUT2D eigenvalue weighted by Gasteiger charge is -2.16. The molecule has 1 aliphatic heterocycles. The topological polar surface area (TPSA) is 105 Å². The van der Waals surface area contributed by atoms with Gasteiger partial charge in [-0.3, -0.25) is 14.9 Å². The molecule has 1 aromatic carbocycles. The van der Waals surface area contributed by atoms with Crippen LogP contribution in [0.1, 0.15) is 11.6 Å². The number of nitrogens with zero attached hydrogens (tertiary/aromatic N) is 1. The largest absolute Gasteiger partial charge is 0.353 e. The zero-order valence-electron chi connectivity index (χ0n) is 11.2. The number of nitrogens with two attached hydrogens (primary N) is 1. The molecule has 4 amide bonds. The predicted octanol–water partition coefficient (Wildman–Crippen LogP) is -0.224. The number of hydrogen-bond acceptors (Lipinski definition) is 4. The molecule has 1 unspecified atom stereocenters. The molecule has 1 fully saturated rings. The quantitative estimate of drug-likeness (QED) is 0.654. The van der Waals surface area contributed by atoms with Crippen LogP contribution < -0.4 is 16.4 Å². The Morgan fingerprint density at radius 2 is 2.00 bits per heavy atom. The molecular weight excluding hydrogens is 296 g/mol. The summed E-state index contributed by atoms with van der Waals surface area (Å²) >= 11 is 0. The Hall–Kier alpha value is -2.12. The molecule has 21 heavy (non-hydrogen) atoms. The van der Waals surface area contributed by atoms with Crippen LogP contribution in [-0.2, 0) is 9.59 Å². The number of carbonyl (C=O) groups excluding carboxylic acids is 3. The van der Waals surface area contributed by atoms with Gasteiger partial charge < -0.3 is 16.0 Å². The van der Waals surface area contributed by atoms with Crippen molar-refractivity contribution in [3.8, 4) is 0 Å². The van der Waals surface area contributed by atoms with E-state index in [0.29, 0.717) is 0 Å². The van der Waals surface area contributed by atoms with Gasteiger partial charge in [0.25, 0.3) is 0 Å². The highest BCUT2D eigenvalue weighted by Gasteiger charge is 2.28. The van der Waals surface area contributed by atoms with Crippen molar-refractivity contribution in [2.75, 3.05) is 19.6 Å². The van der Waals surface area contributed by atoms with Crippen LogP contribution in [0.2, 0.25) is 0 Å². The second kappa shape index (κ2) is 7.61. The maximum Gasteiger partial charge on any atom is 0.325 e. The monoisotopic (exact) mass is 312 g/mol. The van der Waals surface area contributed by atoms with Crippen molar-refractivity contribution >= 4 is 30.3 Å². The van der Waals surface area contributed by atoms with E-state index in [4.69, 9.17) is 5.73 Å². The first kappa shape index (κ1) is 16.9. The van der Waals surface area contributed by atoms with E-state index in [9.17, 15) is 14.4 Å². The van der Waals surface area contributed by atoms with Crippen molar-refractivity contribution in [3.05, 3.63) is 35.9 Å². The molecule has 0 radical (unpaired) electrons. The van der Waals surface area contributed by atoms with Crippen LogP contribution >= 0.6 is 12.4 Å². The molecule has 1 aromatic rings. The van der Waals surface area contributed by atoms with Gasteiger partial charge in [-0.25, -0.2) is 4.79 Å². The van der Waals surface area contributed by atoms with E-state index in [1.807, 2.05) is 30.3 Å². The van der Waals surface area contributed by atoms with Gasteiger partial charge >= 0.3 is 6.03 Å². The molecule has 2 rings (SSSR count). The summed E-state index contributed by atoms with van der Waals surface area (Å²) in [6.07, 6.45) is 0.